The normalized spacial score (nSPS) is 12.6. The maximum atomic E-state index is 14.6. The summed E-state index contributed by atoms with van der Waals surface area (Å²) in [7, 11) is 0. The zero-order valence-corrected chi connectivity index (χ0v) is 30.2. The average Bonchev–Trinajstić information content (AvgIpc) is 3.98. The van der Waals surface area contributed by atoms with Crippen LogP contribution in [-0.2, 0) is 6.18 Å². The molecule has 0 N–H and O–H groups in total. The van der Waals surface area contributed by atoms with Gasteiger partial charge in [-0.3, -0.25) is 4.57 Å². The summed E-state index contributed by atoms with van der Waals surface area (Å²) in [4.78, 5) is 5.20. The number of rotatable bonds is 3. The topological polar surface area (TPSA) is 49.0 Å². The molecule has 57 heavy (non-hydrogen) atoms. The third-order valence-electron chi connectivity index (χ3n) is 11.4. The molecule has 0 unspecified atom stereocenters. The second kappa shape index (κ2) is 11.4. The van der Waals surface area contributed by atoms with Crippen LogP contribution in [0.25, 0.3) is 110 Å². The van der Waals surface area contributed by atoms with Crippen molar-refractivity contribution in [2.75, 3.05) is 0 Å². The van der Waals surface area contributed by atoms with Crippen LogP contribution in [-0.4, -0.2) is 14.1 Å². The second-order valence-corrected chi connectivity index (χ2v) is 14.7. The molecule has 0 fully saturated rings. The maximum absolute atomic E-state index is 14.6. The molecule has 0 spiro atoms. The Bertz CT molecular complexity index is 3660. The Morgan fingerprint density at radius 3 is 1.61 bits per heavy atom. The van der Waals surface area contributed by atoms with Gasteiger partial charge < -0.3 is 13.4 Å². The van der Waals surface area contributed by atoms with Gasteiger partial charge in [0.2, 0.25) is 0 Å². The smallest absolute Gasteiger partial charge is 0.416 e. The molecule has 5 aromatic heterocycles. The Morgan fingerprint density at radius 1 is 0.509 bits per heavy atom. The fraction of sp³-hybridized carbons (Fsp3) is 0.0408. The highest BCUT2D eigenvalue weighted by Gasteiger charge is 2.32. The molecule has 0 aliphatic rings. The highest BCUT2D eigenvalue weighted by molar-refractivity contribution is 6.23. The largest absolute Gasteiger partial charge is 0.454 e. The average molecular weight is 748 g/mol. The molecular formula is C49H28F3N3O2. The highest BCUT2D eigenvalue weighted by atomic mass is 19.4. The lowest BCUT2D eigenvalue weighted by Gasteiger charge is -2.18. The van der Waals surface area contributed by atoms with Crippen LogP contribution >= 0.6 is 0 Å². The van der Waals surface area contributed by atoms with Crippen LogP contribution in [0.5, 0.6) is 0 Å². The van der Waals surface area contributed by atoms with Gasteiger partial charge in [0, 0.05) is 48.7 Å². The third-order valence-corrected chi connectivity index (χ3v) is 11.4. The van der Waals surface area contributed by atoms with E-state index in [1.807, 2.05) is 97.1 Å². The first kappa shape index (κ1) is 32.0. The number of hydrogen-bond acceptors (Lipinski definition) is 3. The molecule has 0 saturated carbocycles. The zero-order chi connectivity index (χ0) is 38.2. The Labute approximate surface area is 321 Å². The summed E-state index contributed by atoms with van der Waals surface area (Å²) in [5.74, 6) is 0.539. The number of fused-ring (bicyclic) bond motifs is 14. The number of aryl methyl sites for hydroxylation is 1. The monoisotopic (exact) mass is 747 g/mol. The van der Waals surface area contributed by atoms with Crippen molar-refractivity contribution in [3.8, 4) is 22.6 Å². The zero-order valence-electron chi connectivity index (χ0n) is 30.2. The molecule has 8 heteroatoms. The summed E-state index contributed by atoms with van der Waals surface area (Å²) in [6.07, 6.45) is -2.77. The van der Waals surface area contributed by atoms with Crippen molar-refractivity contribution < 1.29 is 22.0 Å². The fourth-order valence-corrected chi connectivity index (χ4v) is 9.02. The number of alkyl halides is 3. The summed E-state index contributed by atoms with van der Waals surface area (Å²) in [5.41, 5.74) is 7.72. The Morgan fingerprint density at radius 2 is 1.02 bits per heavy atom. The molecule has 0 bridgehead atoms. The summed E-state index contributed by atoms with van der Waals surface area (Å²) in [6.45, 7) is 1.70. The molecule has 7 aromatic carbocycles. The first-order valence-electron chi connectivity index (χ1n) is 18.7. The number of benzene rings is 7. The quantitative estimate of drug-likeness (QED) is 0.181. The van der Waals surface area contributed by atoms with E-state index >= 15 is 0 Å². The number of furan rings is 2. The van der Waals surface area contributed by atoms with Crippen LogP contribution in [0.3, 0.4) is 0 Å². The van der Waals surface area contributed by atoms with Gasteiger partial charge in [-0.15, -0.1) is 0 Å². The van der Waals surface area contributed by atoms with Gasteiger partial charge in [-0.2, -0.15) is 13.2 Å². The van der Waals surface area contributed by atoms with E-state index in [-0.39, 0.29) is 0 Å². The molecule has 0 aliphatic heterocycles. The van der Waals surface area contributed by atoms with Crippen molar-refractivity contribution in [2.24, 2.45) is 0 Å². The molecule has 12 rings (SSSR count). The molecule has 5 nitrogen and oxygen atoms in total. The summed E-state index contributed by atoms with van der Waals surface area (Å²) in [6, 6.07) is 46.6. The summed E-state index contributed by atoms with van der Waals surface area (Å²) < 4.78 is 61.1. The molecule has 272 valence electrons. The standard InChI is InChI=1S/C49H28F3N3O2/c1-27-22-28(24-29(23-27)49(50,51)52)38-25-44(55-40-15-7-3-11-31(40)35-19-21-37-33-13-5-9-17-43(33)57-48(37)46(35)55)53-26-41(38)54-39-14-6-2-10-30(39)34-18-20-36-32-12-4-8-16-42(32)56-47(36)45(34)54/h2-26H,1H3. The van der Waals surface area contributed by atoms with Crippen LogP contribution in [0.15, 0.2) is 161 Å². The summed E-state index contributed by atoms with van der Waals surface area (Å²) >= 11 is 0. The highest BCUT2D eigenvalue weighted by Crippen LogP contribution is 2.45. The van der Waals surface area contributed by atoms with E-state index in [9.17, 15) is 13.2 Å². The van der Waals surface area contributed by atoms with Crippen LogP contribution in [0, 0.1) is 6.92 Å². The molecule has 0 aliphatic carbocycles. The molecule has 0 saturated heterocycles. The number of nitrogens with zero attached hydrogens (tertiary/aromatic N) is 3. The summed E-state index contributed by atoms with van der Waals surface area (Å²) in [5, 5.41) is 7.83. The van der Waals surface area contributed by atoms with E-state index in [0.29, 0.717) is 39.4 Å². The Balaban J connectivity index is 1.23. The number of pyridine rings is 1. The Hall–Kier alpha value is -7.32. The van der Waals surface area contributed by atoms with Gasteiger partial charge in [-0.25, -0.2) is 4.98 Å². The van der Waals surface area contributed by atoms with Crippen LogP contribution < -0.4 is 0 Å². The predicted molar refractivity (Wildman–Crippen MR) is 223 cm³/mol. The van der Waals surface area contributed by atoms with Gasteiger partial charge >= 0.3 is 6.18 Å². The van der Waals surface area contributed by atoms with Gasteiger partial charge in [-0.1, -0.05) is 91.0 Å². The van der Waals surface area contributed by atoms with Gasteiger partial charge in [-0.05, 0) is 72.6 Å². The SMILES string of the molecule is Cc1cc(-c2cc(-n3c4ccccc4c4ccc5c6ccccc6oc5c43)ncc2-n2c3ccccc3c3ccc4c5ccccc5oc4c32)cc(C(F)(F)F)c1. The van der Waals surface area contributed by atoms with Gasteiger partial charge in [0.15, 0.2) is 11.2 Å². The minimum absolute atomic E-state index is 0.415. The second-order valence-electron chi connectivity index (χ2n) is 14.7. The number of aromatic nitrogens is 3. The van der Waals surface area contributed by atoms with Crippen molar-refractivity contribution >= 4 is 87.5 Å². The fourth-order valence-electron chi connectivity index (χ4n) is 9.02. The molecule has 0 amide bonds. The number of para-hydroxylation sites is 4. The van der Waals surface area contributed by atoms with Crippen LogP contribution in [0.2, 0.25) is 0 Å². The van der Waals surface area contributed by atoms with E-state index in [1.54, 1.807) is 13.1 Å². The molecule has 0 atom stereocenters. The van der Waals surface area contributed by atoms with Crippen molar-refractivity contribution in [3.05, 3.63) is 163 Å². The Kier molecular flexibility index (Phi) is 6.38. The van der Waals surface area contributed by atoms with Crippen LogP contribution in [0.4, 0.5) is 13.2 Å². The van der Waals surface area contributed by atoms with Crippen molar-refractivity contribution in [2.45, 2.75) is 13.1 Å². The lowest BCUT2D eigenvalue weighted by molar-refractivity contribution is -0.137. The predicted octanol–water partition coefficient (Wildman–Crippen LogP) is 14.1. The number of hydrogen-bond donors (Lipinski definition) is 0. The van der Waals surface area contributed by atoms with E-state index < -0.39 is 11.7 Å². The van der Waals surface area contributed by atoms with E-state index in [0.717, 1.165) is 76.3 Å². The van der Waals surface area contributed by atoms with Crippen molar-refractivity contribution in [1.29, 1.82) is 0 Å². The van der Waals surface area contributed by atoms with E-state index in [2.05, 4.69) is 45.5 Å². The van der Waals surface area contributed by atoms with E-state index in [4.69, 9.17) is 13.8 Å². The molecule has 12 aromatic rings. The van der Waals surface area contributed by atoms with Gasteiger partial charge in [0.1, 0.15) is 17.0 Å². The van der Waals surface area contributed by atoms with Gasteiger partial charge in [0.25, 0.3) is 0 Å². The first-order chi connectivity index (χ1) is 27.8. The van der Waals surface area contributed by atoms with Crippen molar-refractivity contribution in [1.82, 2.24) is 14.1 Å². The molecular weight excluding hydrogens is 720 g/mol. The minimum atomic E-state index is -4.55. The van der Waals surface area contributed by atoms with E-state index in [1.165, 1.54) is 12.1 Å². The lowest BCUT2D eigenvalue weighted by atomic mass is 9.99. The third kappa shape index (κ3) is 4.49. The lowest BCUT2D eigenvalue weighted by Crippen LogP contribution is -2.07. The molecule has 5 heterocycles. The van der Waals surface area contributed by atoms with Gasteiger partial charge in [0.05, 0.1) is 39.5 Å². The maximum Gasteiger partial charge on any atom is 0.416 e. The number of halogens is 3. The molecule has 0 radical (unpaired) electrons. The van der Waals surface area contributed by atoms with Crippen LogP contribution in [0.1, 0.15) is 11.1 Å². The van der Waals surface area contributed by atoms with Crippen molar-refractivity contribution in [3.63, 3.8) is 0 Å². The first-order valence-corrected chi connectivity index (χ1v) is 18.7. The minimum Gasteiger partial charge on any atom is -0.454 e.